The highest BCUT2D eigenvalue weighted by Crippen LogP contribution is 2.26. The van der Waals surface area contributed by atoms with E-state index in [0.717, 1.165) is 16.7 Å². The van der Waals surface area contributed by atoms with Crippen LogP contribution < -0.4 is 0 Å². The zero-order valence-corrected chi connectivity index (χ0v) is 10.6. The number of rotatable bonds is 3. The highest BCUT2D eigenvalue weighted by molar-refractivity contribution is 5.94. The van der Waals surface area contributed by atoms with Crippen molar-refractivity contribution in [3.63, 3.8) is 0 Å². The molecular weight excluding hydrogens is 234 g/mol. The van der Waals surface area contributed by atoms with Crippen molar-refractivity contribution < 1.29 is 4.79 Å². The molecule has 2 nitrogen and oxygen atoms in total. The molecule has 2 aromatic carbocycles. The molecule has 0 saturated heterocycles. The maximum atomic E-state index is 12.0. The van der Waals surface area contributed by atoms with Gasteiger partial charge in [-0.15, -0.1) is 0 Å². The third-order valence-electron chi connectivity index (χ3n) is 3.31. The predicted molar refractivity (Wildman–Crippen MR) is 76.0 cm³/mol. The molecule has 0 unspecified atom stereocenters. The Hall–Kier alpha value is -2.35. The van der Waals surface area contributed by atoms with Crippen molar-refractivity contribution >= 4 is 11.5 Å². The molecule has 0 aromatic heterocycles. The Bertz CT molecular complexity index is 602. The van der Waals surface area contributed by atoms with Crippen LogP contribution in [-0.2, 0) is 11.3 Å². The molecule has 2 heteroatoms. The molecule has 0 spiro atoms. The minimum atomic E-state index is 0.169. The summed E-state index contributed by atoms with van der Waals surface area (Å²) in [6, 6.07) is 20.2. The van der Waals surface area contributed by atoms with Crippen molar-refractivity contribution in [1.82, 2.24) is 4.90 Å². The fraction of sp³-hybridized carbons (Fsp3) is 0.118. The van der Waals surface area contributed by atoms with Crippen LogP contribution >= 0.6 is 0 Å². The van der Waals surface area contributed by atoms with Gasteiger partial charge < -0.3 is 4.90 Å². The summed E-state index contributed by atoms with van der Waals surface area (Å²) >= 11 is 0. The second-order valence-corrected chi connectivity index (χ2v) is 4.70. The van der Waals surface area contributed by atoms with E-state index < -0.39 is 0 Å². The van der Waals surface area contributed by atoms with Crippen molar-refractivity contribution in [2.45, 2.75) is 13.0 Å². The first-order valence-corrected chi connectivity index (χ1v) is 6.42. The summed E-state index contributed by atoms with van der Waals surface area (Å²) in [7, 11) is 0. The van der Waals surface area contributed by atoms with E-state index in [0.29, 0.717) is 13.0 Å². The van der Waals surface area contributed by atoms with E-state index in [9.17, 15) is 4.79 Å². The lowest BCUT2D eigenvalue weighted by molar-refractivity contribution is -0.127. The van der Waals surface area contributed by atoms with Crippen molar-refractivity contribution in [3.8, 4) is 0 Å². The first-order valence-electron chi connectivity index (χ1n) is 6.42. The SMILES string of the molecule is O=C1CC(c2ccccc2)=CN1Cc1ccccc1. The highest BCUT2D eigenvalue weighted by atomic mass is 16.2. The lowest BCUT2D eigenvalue weighted by Crippen LogP contribution is -2.20. The first kappa shape index (κ1) is 11.7. The molecule has 0 bridgehead atoms. The van der Waals surface area contributed by atoms with E-state index in [4.69, 9.17) is 0 Å². The topological polar surface area (TPSA) is 20.3 Å². The molecule has 19 heavy (non-hydrogen) atoms. The van der Waals surface area contributed by atoms with Gasteiger partial charge in [0.15, 0.2) is 0 Å². The van der Waals surface area contributed by atoms with Crippen LogP contribution in [-0.4, -0.2) is 10.8 Å². The Morgan fingerprint density at radius 2 is 1.53 bits per heavy atom. The summed E-state index contributed by atoms with van der Waals surface area (Å²) in [4.78, 5) is 13.8. The van der Waals surface area contributed by atoms with Gasteiger partial charge >= 0.3 is 0 Å². The first-order chi connectivity index (χ1) is 9.33. The molecule has 2 aromatic rings. The maximum absolute atomic E-state index is 12.0. The van der Waals surface area contributed by atoms with Crippen LogP contribution in [0.15, 0.2) is 66.9 Å². The number of hydrogen-bond donors (Lipinski definition) is 0. The van der Waals surface area contributed by atoms with Crippen molar-refractivity contribution in [2.24, 2.45) is 0 Å². The lowest BCUT2D eigenvalue weighted by Gasteiger charge is -2.12. The summed E-state index contributed by atoms with van der Waals surface area (Å²) in [5.41, 5.74) is 3.38. The molecule has 0 fully saturated rings. The number of carbonyl (C=O) groups excluding carboxylic acids is 1. The van der Waals surface area contributed by atoms with Crippen LogP contribution in [0.25, 0.3) is 5.57 Å². The van der Waals surface area contributed by atoms with Gasteiger partial charge in [-0.05, 0) is 16.7 Å². The van der Waals surface area contributed by atoms with E-state index in [1.54, 1.807) is 4.90 Å². The predicted octanol–water partition coefficient (Wildman–Crippen LogP) is 3.46. The Balaban J connectivity index is 1.80. The number of amides is 1. The summed E-state index contributed by atoms with van der Waals surface area (Å²) in [6.45, 7) is 0.649. The van der Waals surface area contributed by atoms with Gasteiger partial charge in [0.25, 0.3) is 0 Å². The Morgan fingerprint density at radius 3 is 2.21 bits per heavy atom. The molecule has 1 aliphatic heterocycles. The standard InChI is InChI=1S/C17H15NO/c19-17-11-16(15-9-5-2-6-10-15)13-18(17)12-14-7-3-1-4-8-14/h1-10,13H,11-12H2. The van der Waals surface area contributed by atoms with Crippen molar-refractivity contribution in [2.75, 3.05) is 0 Å². The molecule has 3 rings (SSSR count). The minimum Gasteiger partial charge on any atom is -0.314 e. The second kappa shape index (κ2) is 5.11. The molecule has 0 aliphatic carbocycles. The van der Waals surface area contributed by atoms with Gasteiger partial charge in [0.05, 0.1) is 13.0 Å². The number of nitrogens with zero attached hydrogens (tertiary/aromatic N) is 1. The molecule has 0 saturated carbocycles. The quantitative estimate of drug-likeness (QED) is 0.815. The number of benzene rings is 2. The smallest absolute Gasteiger partial charge is 0.231 e. The monoisotopic (exact) mass is 249 g/mol. The zero-order valence-electron chi connectivity index (χ0n) is 10.6. The fourth-order valence-electron chi connectivity index (χ4n) is 2.31. The average Bonchev–Trinajstić information content (AvgIpc) is 2.82. The van der Waals surface area contributed by atoms with Gasteiger partial charge in [0, 0.05) is 6.20 Å². The molecular formula is C17H15NO. The fourth-order valence-corrected chi connectivity index (χ4v) is 2.31. The van der Waals surface area contributed by atoms with Gasteiger partial charge in [0.1, 0.15) is 0 Å². The van der Waals surface area contributed by atoms with Crippen LogP contribution in [0, 0.1) is 0 Å². The minimum absolute atomic E-state index is 0.169. The van der Waals surface area contributed by atoms with Gasteiger partial charge in [0.2, 0.25) is 5.91 Å². The summed E-state index contributed by atoms with van der Waals surface area (Å²) in [5, 5.41) is 0. The van der Waals surface area contributed by atoms with E-state index in [1.165, 1.54) is 0 Å². The third kappa shape index (κ3) is 2.58. The molecule has 1 heterocycles. The van der Waals surface area contributed by atoms with Gasteiger partial charge in [-0.1, -0.05) is 60.7 Å². The normalized spacial score (nSPS) is 14.6. The van der Waals surface area contributed by atoms with Crippen LogP contribution in [0.2, 0.25) is 0 Å². The van der Waals surface area contributed by atoms with E-state index in [1.807, 2.05) is 66.9 Å². The Kier molecular flexibility index (Phi) is 3.15. The van der Waals surface area contributed by atoms with E-state index in [2.05, 4.69) is 0 Å². The van der Waals surface area contributed by atoms with Crippen LogP contribution in [0.1, 0.15) is 17.5 Å². The maximum Gasteiger partial charge on any atom is 0.231 e. The van der Waals surface area contributed by atoms with Crippen molar-refractivity contribution in [3.05, 3.63) is 78.0 Å². The number of hydrogen-bond acceptors (Lipinski definition) is 1. The van der Waals surface area contributed by atoms with Gasteiger partial charge in [-0.2, -0.15) is 0 Å². The van der Waals surface area contributed by atoms with Crippen LogP contribution in [0.3, 0.4) is 0 Å². The molecule has 0 radical (unpaired) electrons. The second-order valence-electron chi connectivity index (χ2n) is 4.70. The summed E-state index contributed by atoms with van der Waals surface area (Å²) in [5.74, 6) is 0.169. The lowest BCUT2D eigenvalue weighted by atomic mass is 10.1. The molecule has 1 aliphatic rings. The van der Waals surface area contributed by atoms with Crippen molar-refractivity contribution in [1.29, 1.82) is 0 Å². The van der Waals surface area contributed by atoms with E-state index >= 15 is 0 Å². The van der Waals surface area contributed by atoms with E-state index in [-0.39, 0.29) is 5.91 Å². The molecule has 0 N–H and O–H groups in total. The highest BCUT2D eigenvalue weighted by Gasteiger charge is 2.22. The third-order valence-corrected chi connectivity index (χ3v) is 3.31. The van der Waals surface area contributed by atoms with Crippen LogP contribution in [0.4, 0.5) is 0 Å². The summed E-state index contributed by atoms with van der Waals surface area (Å²) < 4.78 is 0. The summed E-state index contributed by atoms with van der Waals surface area (Å²) in [6.07, 6.45) is 2.47. The zero-order chi connectivity index (χ0) is 13.1. The molecule has 0 atom stereocenters. The Labute approximate surface area is 113 Å². The van der Waals surface area contributed by atoms with Crippen LogP contribution in [0.5, 0.6) is 0 Å². The van der Waals surface area contributed by atoms with Gasteiger partial charge in [-0.3, -0.25) is 4.79 Å². The number of carbonyl (C=O) groups is 1. The van der Waals surface area contributed by atoms with Gasteiger partial charge in [-0.25, -0.2) is 0 Å². The Morgan fingerprint density at radius 1 is 0.895 bits per heavy atom. The molecule has 1 amide bonds. The molecule has 94 valence electrons. The average molecular weight is 249 g/mol. The largest absolute Gasteiger partial charge is 0.314 e.